The van der Waals surface area contributed by atoms with Gasteiger partial charge in [0.1, 0.15) is 4.21 Å². The molecule has 0 aliphatic rings. The lowest BCUT2D eigenvalue weighted by molar-refractivity contribution is 0.0942. The maximum absolute atomic E-state index is 12.5. The Hall–Kier alpha value is -2.20. The highest BCUT2D eigenvalue weighted by atomic mass is 35.5. The third-order valence-electron chi connectivity index (χ3n) is 4.23. The van der Waals surface area contributed by atoms with Crippen LogP contribution in [-0.4, -0.2) is 36.9 Å². The average molecular weight is 454 g/mol. The number of amides is 1. The van der Waals surface area contributed by atoms with Crippen molar-refractivity contribution in [1.82, 2.24) is 14.8 Å². The molecule has 3 aromatic rings. The van der Waals surface area contributed by atoms with Crippen LogP contribution in [0.25, 0.3) is 11.3 Å². The molecular formula is C19H20ClN3O4S2. The zero-order chi connectivity index (χ0) is 21.0. The molecule has 10 heteroatoms. The SMILES string of the molecule is CCN(CC)S(=O)(=O)c1ccc(CNC(=O)c2cc(-c3ccc(Cl)cc3)on2)s1. The van der Waals surface area contributed by atoms with E-state index in [-0.39, 0.29) is 16.4 Å². The summed E-state index contributed by atoms with van der Waals surface area (Å²) in [6, 6.07) is 11.8. The fraction of sp³-hybridized carbons (Fsp3) is 0.263. The van der Waals surface area contributed by atoms with Gasteiger partial charge in [0.05, 0.1) is 6.54 Å². The van der Waals surface area contributed by atoms with Gasteiger partial charge in [-0.25, -0.2) is 8.42 Å². The molecule has 0 spiro atoms. The normalized spacial score (nSPS) is 11.7. The second-order valence-electron chi connectivity index (χ2n) is 6.08. The number of benzene rings is 1. The van der Waals surface area contributed by atoms with E-state index in [0.717, 1.165) is 21.8 Å². The molecule has 0 aliphatic heterocycles. The number of thiophene rings is 1. The first-order chi connectivity index (χ1) is 13.8. The highest BCUT2D eigenvalue weighted by Crippen LogP contribution is 2.25. The fourth-order valence-corrected chi connectivity index (χ4v) is 5.71. The molecule has 0 saturated carbocycles. The molecule has 154 valence electrons. The van der Waals surface area contributed by atoms with Crippen molar-refractivity contribution in [1.29, 1.82) is 0 Å². The van der Waals surface area contributed by atoms with Crippen molar-refractivity contribution < 1.29 is 17.7 Å². The number of halogens is 1. The second-order valence-corrected chi connectivity index (χ2v) is 9.85. The summed E-state index contributed by atoms with van der Waals surface area (Å²) in [5.41, 5.74) is 0.896. The molecule has 0 saturated heterocycles. The first-order valence-corrected chi connectivity index (χ1v) is 11.6. The molecule has 0 aliphatic carbocycles. The minimum absolute atomic E-state index is 0.141. The number of carbonyl (C=O) groups is 1. The van der Waals surface area contributed by atoms with Gasteiger partial charge in [-0.1, -0.05) is 30.6 Å². The van der Waals surface area contributed by atoms with Crippen LogP contribution in [0, 0.1) is 0 Å². The molecule has 29 heavy (non-hydrogen) atoms. The van der Waals surface area contributed by atoms with Crippen LogP contribution in [0.15, 0.2) is 51.2 Å². The molecule has 0 radical (unpaired) electrons. The summed E-state index contributed by atoms with van der Waals surface area (Å²) in [6.07, 6.45) is 0. The van der Waals surface area contributed by atoms with E-state index in [9.17, 15) is 13.2 Å². The number of aromatic nitrogens is 1. The Morgan fingerprint density at radius 3 is 2.52 bits per heavy atom. The predicted molar refractivity (Wildman–Crippen MR) is 113 cm³/mol. The molecule has 0 fully saturated rings. The first-order valence-electron chi connectivity index (χ1n) is 8.94. The zero-order valence-corrected chi connectivity index (χ0v) is 18.3. The molecule has 2 heterocycles. The lowest BCUT2D eigenvalue weighted by atomic mass is 10.1. The van der Waals surface area contributed by atoms with Crippen molar-refractivity contribution in [2.24, 2.45) is 0 Å². The van der Waals surface area contributed by atoms with Crippen molar-refractivity contribution in [3.63, 3.8) is 0 Å². The Bertz CT molecular complexity index is 1090. The minimum atomic E-state index is -3.50. The monoisotopic (exact) mass is 453 g/mol. The number of nitrogens with one attached hydrogen (secondary N) is 1. The van der Waals surface area contributed by atoms with E-state index >= 15 is 0 Å². The van der Waals surface area contributed by atoms with E-state index in [0.29, 0.717) is 23.9 Å². The quantitative estimate of drug-likeness (QED) is 0.556. The van der Waals surface area contributed by atoms with E-state index in [1.807, 2.05) is 0 Å². The molecule has 1 aromatic carbocycles. The summed E-state index contributed by atoms with van der Waals surface area (Å²) >= 11 is 7.01. The van der Waals surface area contributed by atoms with Crippen molar-refractivity contribution in [3.05, 3.63) is 58.1 Å². The van der Waals surface area contributed by atoms with Gasteiger partial charge in [0.2, 0.25) is 0 Å². The van der Waals surface area contributed by atoms with Crippen LogP contribution < -0.4 is 5.32 Å². The molecule has 1 N–H and O–H groups in total. The van der Waals surface area contributed by atoms with Crippen LogP contribution in [0.2, 0.25) is 5.02 Å². The molecule has 3 rings (SSSR count). The van der Waals surface area contributed by atoms with Crippen LogP contribution in [-0.2, 0) is 16.6 Å². The molecule has 7 nitrogen and oxygen atoms in total. The van der Waals surface area contributed by atoms with Gasteiger partial charge in [0.25, 0.3) is 15.9 Å². The number of sulfonamides is 1. The van der Waals surface area contributed by atoms with Crippen molar-refractivity contribution in [3.8, 4) is 11.3 Å². The second kappa shape index (κ2) is 9.08. The van der Waals surface area contributed by atoms with E-state index in [2.05, 4.69) is 10.5 Å². The largest absolute Gasteiger partial charge is 0.355 e. The number of nitrogens with zero attached hydrogens (tertiary/aromatic N) is 2. The molecule has 0 unspecified atom stereocenters. The Morgan fingerprint density at radius 1 is 1.17 bits per heavy atom. The Kier molecular flexibility index (Phi) is 6.74. The van der Waals surface area contributed by atoms with Crippen molar-refractivity contribution in [2.75, 3.05) is 13.1 Å². The minimum Gasteiger partial charge on any atom is -0.355 e. The first kappa shape index (κ1) is 21.5. The molecule has 0 bridgehead atoms. The van der Waals surface area contributed by atoms with Gasteiger partial charge in [0.15, 0.2) is 11.5 Å². The van der Waals surface area contributed by atoms with Crippen molar-refractivity contribution in [2.45, 2.75) is 24.6 Å². The number of rotatable bonds is 8. The third kappa shape index (κ3) is 4.87. The summed E-state index contributed by atoms with van der Waals surface area (Å²) < 4.78 is 32.0. The average Bonchev–Trinajstić information content (AvgIpc) is 3.38. The topological polar surface area (TPSA) is 92.5 Å². The lowest BCUT2D eigenvalue weighted by Crippen LogP contribution is -2.30. The van der Waals surface area contributed by atoms with Gasteiger partial charge >= 0.3 is 0 Å². The maximum atomic E-state index is 12.5. The zero-order valence-electron chi connectivity index (χ0n) is 15.9. The Balaban J connectivity index is 1.65. The van der Waals surface area contributed by atoms with E-state index < -0.39 is 15.9 Å². The summed E-state index contributed by atoms with van der Waals surface area (Å²) in [6.45, 7) is 4.61. The van der Waals surface area contributed by atoms with E-state index in [1.165, 1.54) is 4.31 Å². The van der Waals surface area contributed by atoms with Gasteiger partial charge < -0.3 is 9.84 Å². The fourth-order valence-electron chi connectivity index (χ4n) is 2.67. The molecule has 0 atom stereocenters. The Labute approximate surface area is 178 Å². The smallest absolute Gasteiger partial charge is 0.273 e. The van der Waals surface area contributed by atoms with Crippen LogP contribution in [0.4, 0.5) is 0 Å². The summed E-state index contributed by atoms with van der Waals surface area (Å²) in [7, 11) is -3.50. The van der Waals surface area contributed by atoms with Crippen LogP contribution in [0.5, 0.6) is 0 Å². The summed E-state index contributed by atoms with van der Waals surface area (Å²) in [5, 5.41) is 7.13. The highest BCUT2D eigenvalue weighted by molar-refractivity contribution is 7.91. The van der Waals surface area contributed by atoms with Gasteiger partial charge in [-0.2, -0.15) is 4.31 Å². The predicted octanol–water partition coefficient (Wildman–Crippen LogP) is 4.02. The van der Waals surface area contributed by atoms with E-state index in [1.54, 1.807) is 56.3 Å². The lowest BCUT2D eigenvalue weighted by Gasteiger charge is -2.16. The maximum Gasteiger partial charge on any atom is 0.273 e. The third-order valence-corrected chi connectivity index (χ3v) is 8.09. The van der Waals surface area contributed by atoms with Crippen LogP contribution in [0.3, 0.4) is 0 Å². The molecule has 1 amide bonds. The van der Waals surface area contributed by atoms with Gasteiger partial charge in [-0.15, -0.1) is 11.3 Å². The van der Waals surface area contributed by atoms with E-state index in [4.69, 9.17) is 16.1 Å². The van der Waals surface area contributed by atoms with Crippen LogP contribution >= 0.6 is 22.9 Å². The highest BCUT2D eigenvalue weighted by Gasteiger charge is 2.23. The van der Waals surface area contributed by atoms with Crippen molar-refractivity contribution >= 4 is 38.9 Å². The van der Waals surface area contributed by atoms with Gasteiger partial charge in [0, 0.05) is 34.6 Å². The standard InChI is InChI=1S/C19H20ClN3O4S2/c1-3-23(4-2)29(25,26)18-10-9-15(28-18)12-21-19(24)16-11-17(27-22-16)13-5-7-14(20)8-6-13/h5-11H,3-4,12H2,1-2H3,(H,21,24). The Morgan fingerprint density at radius 2 is 1.86 bits per heavy atom. The number of carbonyl (C=O) groups excluding carboxylic acids is 1. The summed E-state index contributed by atoms with van der Waals surface area (Å²) in [5.74, 6) is 0.0473. The summed E-state index contributed by atoms with van der Waals surface area (Å²) in [4.78, 5) is 13.1. The molecular weight excluding hydrogens is 434 g/mol. The van der Waals surface area contributed by atoms with Crippen LogP contribution in [0.1, 0.15) is 29.2 Å². The number of hydrogen-bond donors (Lipinski definition) is 1. The van der Waals surface area contributed by atoms with Gasteiger partial charge in [-0.3, -0.25) is 4.79 Å². The molecule has 2 aromatic heterocycles. The number of hydrogen-bond acceptors (Lipinski definition) is 6. The van der Waals surface area contributed by atoms with Gasteiger partial charge in [-0.05, 0) is 36.4 Å².